The average molecular weight is 171 g/mol. The molecule has 0 radical (unpaired) electrons. The summed E-state index contributed by atoms with van der Waals surface area (Å²) in [4.78, 5) is 0. The maximum Gasteiger partial charge on any atom is 0.0693 e. The van der Waals surface area contributed by atoms with Crippen molar-refractivity contribution >= 4 is 0 Å². The van der Waals surface area contributed by atoms with E-state index in [1.165, 1.54) is 32.1 Å². The Morgan fingerprint density at radius 2 is 2.08 bits per heavy atom. The van der Waals surface area contributed by atoms with E-state index in [-0.39, 0.29) is 6.10 Å². The van der Waals surface area contributed by atoms with Crippen LogP contribution in [0.15, 0.2) is 0 Å². The molecule has 1 saturated carbocycles. The van der Waals surface area contributed by atoms with Crippen LogP contribution < -0.4 is 5.73 Å². The van der Waals surface area contributed by atoms with Crippen molar-refractivity contribution in [2.24, 2.45) is 17.6 Å². The van der Waals surface area contributed by atoms with Crippen LogP contribution in [0.3, 0.4) is 0 Å². The lowest BCUT2D eigenvalue weighted by Gasteiger charge is -2.33. The SMILES string of the molecule is CCC1CCCCC1C(O)CN. The monoisotopic (exact) mass is 171 g/mol. The molecule has 0 aromatic rings. The van der Waals surface area contributed by atoms with Crippen molar-refractivity contribution in [3.8, 4) is 0 Å². The van der Waals surface area contributed by atoms with Crippen molar-refractivity contribution < 1.29 is 5.11 Å². The lowest BCUT2D eigenvalue weighted by Crippen LogP contribution is -2.35. The van der Waals surface area contributed by atoms with Crippen molar-refractivity contribution in [2.45, 2.75) is 45.1 Å². The number of rotatable bonds is 3. The van der Waals surface area contributed by atoms with Crippen molar-refractivity contribution in [2.75, 3.05) is 6.54 Å². The molecular weight excluding hydrogens is 150 g/mol. The van der Waals surface area contributed by atoms with E-state index in [9.17, 15) is 5.11 Å². The zero-order valence-electron chi connectivity index (χ0n) is 8.00. The first kappa shape index (κ1) is 10.0. The van der Waals surface area contributed by atoms with Gasteiger partial charge in [-0.05, 0) is 18.3 Å². The third-order valence-corrected chi connectivity index (χ3v) is 3.23. The zero-order chi connectivity index (χ0) is 8.97. The van der Waals surface area contributed by atoms with Gasteiger partial charge < -0.3 is 10.8 Å². The van der Waals surface area contributed by atoms with Gasteiger partial charge in [0.25, 0.3) is 0 Å². The summed E-state index contributed by atoms with van der Waals surface area (Å²) in [5.74, 6) is 1.20. The lowest BCUT2D eigenvalue weighted by molar-refractivity contribution is 0.0523. The standard InChI is InChI=1S/C10H21NO/c1-2-8-5-3-4-6-9(8)10(12)7-11/h8-10,12H,2-7,11H2,1H3. The van der Waals surface area contributed by atoms with Gasteiger partial charge in [0.05, 0.1) is 6.10 Å². The number of hydrogen-bond donors (Lipinski definition) is 2. The molecule has 1 aliphatic rings. The molecule has 1 aliphatic carbocycles. The molecule has 0 amide bonds. The van der Waals surface area contributed by atoms with Gasteiger partial charge in [0.2, 0.25) is 0 Å². The highest BCUT2D eigenvalue weighted by atomic mass is 16.3. The van der Waals surface area contributed by atoms with Crippen molar-refractivity contribution in [3.63, 3.8) is 0 Å². The molecule has 3 unspecified atom stereocenters. The summed E-state index contributed by atoms with van der Waals surface area (Å²) in [5, 5.41) is 9.66. The first-order chi connectivity index (χ1) is 5.79. The Morgan fingerprint density at radius 1 is 1.42 bits per heavy atom. The number of aliphatic hydroxyl groups is 1. The van der Waals surface area contributed by atoms with Gasteiger partial charge in [-0.3, -0.25) is 0 Å². The smallest absolute Gasteiger partial charge is 0.0693 e. The van der Waals surface area contributed by atoms with E-state index >= 15 is 0 Å². The van der Waals surface area contributed by atoms with E-state index in [1.54, 1.807) is 0 Å². The van der Waals surface area contributed by atoms with Gasteiger partial charge in [0, 0.05) is 6.54 Å². The molecule has 0 aromatic heterocycles. The van der Waals surface area contributed by atoms with E-state index in [0.29, 0.717) is 12.5 Å². The van der Waals surface area contributed by atoms with Gasteiger partial charge >= 0.3 is 0 Å². The fourth-order valence-corrected chi connectivity index (χ4v) is 2.42. The topological polar surface area (TPSA) is 46.2 Å². The first-order valence-electron chi connectivity index (χ1n) is 5.17. The molecule has 2 heteroatoms. The van der Waals surface area contributed by atoms with E-state index < -0.39 is 0 Å². The minimum absolute atomic E-state index is 0.254. The quantitative estimate of drug-likeness (QED) is 0.676. The summed E-state index contributed by atoms with van der Waals surface area (Å²) < 4.78 is 0. The maximum absolute atomic E-state index is 9.66. The van der Waals surface area contributed by atoms with Gasteiger partial charge in [-0.2, -0.15) is 0 Å². The zero-order valence-corrected chi connectivity index (χ0v) is 8.00. The van der Waals surface area contributed by atoms with Crippen LogP contribution in [0.5, 0.6) is 0 Å². The minimum atomic E-state index is -0.254. The number of hydrogen-bond acceptors (Lipinski definition) is 2. The Bertz CT molecular complexity index is 127. The van der Waals surface area contributed by atoms with E-state index in [4.69, 9.17) is 5.73 Å². The van der Waals surface area contributed by atoms with Crippen LogP contribution in [0, 0.1) is 11.8 Å². The molecule has 0 aromatic carbocycles. The largest absolute Gasteiger partial charge is 0.392 e. The third kappa shape index (κ3) is 2.20. The van der Waals surface area contributed by atoms with Crippen LogP contribution >= 0.6 is 0 Å². The van der Waals surface area contributed by atoms with Crippen LogP contribution in [0.2, 0.25) is 0 Å². The van der Waals surface area contributed by atoms with Crippen LogP contribution in [0.25, 0.3) is 0 Å². The first-order valence-corrected chi connectivity index (χ1v) is 5.17. The Hall–Kier alpha value is -0.0800. The average Bonchev–Trinajstić information content (AvgIpc) is 2.16. The molecule has 3 N–H and O–H groups in total. The lowest BCUT2D eigenvalue weighted by atomic mass is 9.75. The molecule has 3 atom stereocenters. The second kappa shape index (κ2) is 4.83. The maximum atomic E-state index is 9.66. The van der Waals surface area contributed by atoms with Gasteiger partial charge in [0.1, 0.15) is 0 Å². The summed E-state index contributed by atoms with van der Waals surface area (Å²) >= 11 is 0. The highest BCUT2D eigenvalue weighted by Crippen LogP contribution is 2.34. The second-order valence-corrected chi connectivity index (χ2v) is 3.92. The predicted molar refractivity (Wildman–Crippen MR) is 50.8 cm³/mol. The highest BCUT2D eigenvalue weighted by Gasteiger charge is 2.28. The summed E-state index contributed by atoms with van der Waals surface area (Å²) in [7, 11) is 0. The van der Waals surface area contributed by atoms with Crippen molar-refractivity contribution in [3.05, 3.63) is 0 Å². The molecule has 0 heterocycles. The summed E-state index contributed by atoms with van der Waals surface area (Å²) in [6.45, 7) is 2.65. The van der Waals surface area contributed by atoms with Crippen molar-refractivity contribution in [1.29, 1.82) is 0 Å². The molecular formula is C10H21NO. The van der Waals surface area contributed by atoms with Crippen LogP contribution in [0.4, 0.5) is 0 Å². The summed E-state index contributed by atoms with van der Waals surface area (Å²) in [5.41, 5.74) is 5.47. The third-order valence-electron chi connectivity index (χ3n) is 3.23. The van der Waals surface area contributed by atoms with Gasteiger partial charge in [0.15, 0.2) is 0 Å². The fourth-order valence-electron chi connectivity index (χ4n) is 2.42. The summed E-state index contributed by atoms with van der Waals surface area (Å²) in [6.07, 6.45) is 6.02. The Balaban J connectivity index is 2.46. The molecule has 1 rings (SSSR count). The molecule has 12 heavy (non-hydrogen) atoms. The van der Waals surface area contributed by atoms with Crippen LogP contribution in [-0.2, 0) is 0 Å². The van der Waals surface area contributed by atoms with Crippen LogP contribution in [0.1, 0.15) is 39.0 Å². The Kier molecular flexibility index (Phi) is 4.02. The summed E-state index contributed by atoms with van der Waals surface area (Å²) in [6, 6.07) is 0. The normalized spacial score (nSPS) is 33.2. The molecule has 0 saturated heterocycles. The Labute approximate surface area is 75.2 Å². The van der Waals surface area contributed by atoms with Gasteiger partial charge in [-0.25, -0.2) is 0 Å². The second-order valence-electron chi connectivity index (χ2n) is 3.92. The van der Waals surface area contributed by atoms with Gasteiger partial charge in [-0.15, -0.1) is 0 Å². The van der Waals surface area contributed by atoms with Gasteiger partial charge in [-0.1, -0.05) is 32.6 Å². The molecule has 0 aliphatic heterocycles. The minimum Gasteiger partial charge on any atom is -0.392 e. The van der Waals surface area contributed by atoms with Crippen LogP contribution in [-0.4, -0.2) is 17.8 Å². The Morgan fingerprint density at radius 3 is 2.67 bits per heavy atom. The molecule has 72 valence electrons. The fraction of sp³-hybridized carbons (Fsp3) is 1.00. The molecule has 0 bridgehead atoms. The number of nitrogens with two attached hydrogens (primary N) is 1. The molecule has 0 spiro atoms. The van der Waals surface area contributed by atoms with Crippen molar-refractivity contribution in [1.82, 2.24) is 0 Å². The van der Waals surface area contributed by atoms with E-state index in [1.807, 2.05) is 0 Å². The number of aliphatic hydroxyl groups excluding tert-OH is 1. The molecule has 1 fully saturated rings. The predicted octanol–water partition coefficient (Wildman–Crippen LogP) is 1.52. The highest BCUT2D eigenvalue weighted by molar-refractivity contribution is 4.80. The van der Waals surface area contributed by atoms with E-state index in [0.717, 1.165) is 5.92 Å². The molecule has 2 nitrogen and oxygen atoms in total. The van der Waals surface area contributed by atoms with E-state index in [2.05, 4.69) is 6.92 Å².